The van der Waals surface area contributed by atoms with Crippen LogP contribution in [-0.2, 0) is 31.8 Å². The third kappa shape index (κ3) is 4.77. The molecule has 0 spiro atoms. The van der Waals surface area contributed by atoms with E-state index in [1.54, 1.807) is 13.8 Å². The lowest BCUT2D eigenvalue weighted by molar-refractivity contribution is -0.141. The normalized spacial score (nSPS) is 20.6. The van der Waals surface area contributed by atoms with Crippen LogP contribution in [0.25, 0.3) is 5.76 Å². The maximum atomic E-state index is 13.0. The minimum atomic E-state index is -4.69. The Hall–Kier alpha value is -2.26. The Balaban J connectivity index is 2.52. The van der Waals surface area contributed by atoms with Crippen molar-refractivity contribution in [3.63, 3.8) is 0 Å². The van der Waals surface area contributed by atoms with Crippen molar-refractivity contribution in [3.8, 4) is 0 Å². The second-order valence-electron chi connectivity index (χ2n) is 6.72. The molecular weight excluding hydrogens is 379 g/mol. The topological polar surface area (TPSA) is 85.7 Å². The number of nitrogens with zero attached hydrogens (tertiary/aromatic N) is 1. The van der Waals surface area contributed by atoms with Crippen LogP contribution in [0.3, 0.4) is 0 Å². The van der Waals surface area contributed by atoms with E-state index in [4.69, 9.17) is 9.47 Å². The quantitative estimate of drug-likeness (QED) is 0.341. The molecule has 0 bridgehead atoms. The van der Waals surface area contributed by atoms with Crippen LogP contribution in [0.15, 0.2) is 17.7 Å². The highest BCUT2D eigenvalue weighted by molar-refractivity contribution is 6.27. The van der Waals surface area contributed by atoms with Gasteiger partial charge in [-0.1, -0.05) is 13.8 Å². The van der Waals surface area contributed by atoms with Gasteiger partial charge in [-0.05, 0) is 18.6 Å². The minimum absolute atomic E-state index is 0.0944. The van der Waals surface area contributed by atoms with Gasteiger partial charge < -0.3 is 14.6 Å². The Bertz CT molecular complexity index is 766. The molecule has 1 heterocycles. The molecule has 0 aliphatic heterocycles. The lowest BCUT2D eigenvalue weighted by Crippen LogP contribution is -2.33. The number of pyridine rings is 1. The third-order valence-electron chi connectivity index (χ3n) is 4.52. The number of aliphatic hydroxyl groups is 1. The number of methoxy groups -OCH3 is 1. The molecular formula is C19H22F3NO5. The summed E-state index contributed by atoms with van der Waals surface area (Å²) in [7, 11) is 1.44. The lowest BCUT2D eigenvalue weighted by atomic mass is 9.77. The molecule has 9 heteroatoms. The molecule has 1 saturated carbocycles. The lowest BCUT2D eigenvalue weighted by Gasteiger charge is -2.25. The number of hydrogen-bond donors (Lipinski definition) is 1. The molecule has 2 atom stereocenters. The van der Waals surface area contributed by atoms with E-state index in [0.717, 1.165) is 6.07 Å². The van der Waals surface area contributed by atoms with Crippen LogP contribution in [-0.4, -0.2) is 42.0 Å². The van der Waals surface area contributed by atoms with Gasteiger partial charge in [-0.15, -0.1) is 0 Å². The zero-order valence-electron chi connectivity index (χ0n) is 15.8. The number of hydrogen-bond acceptors (Lipinski definition) is 6. The van der Waals surface area contributed by atoms with Gasteiger partial charge in [0.05, 0.1) is 25.5 Å². The zero-order valence-corrected chi connectivity index (χ0v) is 15.8. The van der Waals surface area contributed by atoms with Crippen molar-refractivity contribution in [2.75, 3.05) is 20.3 Å². The summed E-state index contributed by atoms with van der Waals surface area (Å²) < 4.78 is 49.1. The fourth-order valence-electron chi connectivity index (χ4n) is 3.02. The second kappa shape index (κ2) is 8.83. The molecule has 2 unspecified atom stereocenters. The van der Waals surface area contributed by atoms with Crippen molar-refractivity contribution < 1.29 is 37.3 Å². The van der Waals surface area contributed by atoms with Gasteiger partial charge in [-0.2, -0.15) is 13.2 Å². The highest BCUT2D eigenvalue weighted by atomic mass is 19.4. The van der Waals surface area contributed by atoms with Crippen LogP contribution < -0.4 is 0 Å². The Morgan fingerprint density at radius 1 is 1.18 bits per heavy atom. The molecule has 6 nitrogen and oxygen atoms in total. The standard InChI is InChI=1S/C19H22F3NO5/c1-10-8-11(2)17(25)15(16(10)24)18(26)12-4-5-14(19(20,21)22)23-13(12)9-28-7-6-27-3/h4-5,10-11,26H,6-9H2,1-3H3. The zero-order chi connectivity index (χ0) is 21.1. The number of carbonyl (C=O) groups excluding carboxylic acids is 2. The van der Waals surface area contributed by atoms with E-state index in [1.165, 1.54) is 7.11 Å². The molecule has 0 saturated heterocycles. The van der Waals surface area contributed by atoms with Crippen molar-refractivity contribution >= 4 is 17.3 Å². The smallest absolute Gasteiger partial charge is 0.433 e. The molecule has 1 aliphatic rings. The average Bonchev–Trinajstić information content (AvgIpc) is 2.63. The van der Waals surface area contributed by atoms with Crippen LogP contribution in [0.1, 0.15) is 37.2 Å². The first kappa shape index (κ1) is 22.0. The summed E-state index contributed by atoms with van der Waals surface area (Å²) >= 11 is 0. The SMILES string of the molecule is COCCOCc1nc(C(F)(F)F)ccc1C(O)=C1C(=O)C(C)CC(C)C1=O. The molecule has 2 rings (SSSR count). The van der Waals surface area contributed by atoms with Crippen molar-refractivity contribution in [1.82, 2.24) is 4.98 Å². The summed E-state index contributed by atoms with van der Waals surface area (Å²) in [5, 5.41) is 10.6. The summed E-state index contributed by atoms with van der Waals surface area (Å²) in [5.74, 6) is -2.69. The second-order valence-corrected chi connectivity index (χ2v) is 6.72. The highest BCUT2D eigenvalue weighted by Gasteiger charge is 2.38. The van der Waals surface area contributed by atoms with Crippen molar-refractivity contribution in [2.45, 2.75) is 33.1 Å². The van der Waals surface area contributed by atoms with Crippen LogP contribution in [0, 0.1) is 11.8 Å². The fraction of sp³-hybridized carbons (Fsp3) is 0.526. The van der Waals surface area contributed by atoms with Gasteiger partial charge in [0, 0.05) is 24.5 Å². The minimum Gasteiger partial charge on any atom is -0.506 e. The van der Waals surface area contributed by atoms with Crippen molar-refractivity contribution in [2.24, 2.45) is 11.8 Å². The predicted molar refractivity (Wildman–Crippen MR) is 93.3 cm³/mol. The molecule has 1 aromatic heterocycles. The molecule has 0 amide bonds. The monoisotopic (exact) mass is 401 g/mol. The maximum Gasteiger partial charge on any atom is 0.433 e. The fourth-order valence-corrected chi connectivity index (χ4v) is 3.02. The van der Waals surface area contributed by atoms with Gasteiger partial charge >= 0.3 is 6.18 Å². The number of allylic oxidation sites excluding steroid dienone is 1. The van der Waals surface area contributed by atoms with E-state index in [0.29, 0.717) is 12.5 Å². The average molecular weight is 401 g/mol. The Kier molecular flexibility index (Phi) is 6.95. The van der Waals surface area contributed by atoms with Crippen LogP contribution in [0.4, 0.5) is 13.2 Å². The molecule has 1 aliphatic carbocycles. The Morgan fingerprint density at radius 2 is 1.79 bits per heavy atom. The van der Waals surface area contributed by atoms with E-state index >= 15 is 0 Å². The molecule has 1 fully saturated rings. The van der Waals surface area contributed by atoms with Gasteiger partial charge in [0.2, 0.25) is 0 Å². The summed E-state index contributed by atoms with van der Waals surface area (Å²) in [6.07, 6.45) is -4.34. The predicted octanol–water partition coefficient (Wildman–Crippen LogP) is 3.35. The molecule has 0 aromatic carbocycles. The van der Waals surface area contributed by atoms with Gasteiger partial charge in [0.25, 0.3) is 0 Å². The number of halogens is 3. The first-order valence-electron chi connectivity index (χ1n) is 8.73. The van der Waals surface area contributed by atoms with Gasteiger partial charge in [-0.3, -0.25) is 9.59 Å². The summed E-state index contributed by atoms with van der Waals surface area (Å²) in [6.45, 7) is 3.23. The third-order valence-corrected chi connectivity index (χ3v) is 4.52. The maximum absolute atomic E-state index is 13.0. The number of Topliss-reactive ketones (excluding diaryl/α,β-unsaturated/α-hetero) is 2. The molecule has 0 radical (unpaired) electrons. The van der Waals surface area contributed by atoms with Crippen LogP contribution in [0.2, 0.25) is 0 Å². The van der Waals surface area contributed by atoms with Crippen LogP contribution >= 0.6 is 0 Å². The number of ketones is 2. The van der Waals surface area contributed by atoms with Crippen LogP contribution in [0.5, 0.6) is 0 Å². The number of alkyl halides is 3. The van der Waals surface area contributed by atoms with E-state index in [-0.39, 0.29) is 31.1 Å². The van der Waals surface area contributed by atoms with E-state index in [1.807, 2.05) is 0 Å². The summed E-state index contributed by atoms with van der Waals surface area (Å²) in [5.41, 5.74) is -1.92. The molecule has 1 N–H and O–H groups in total. The highest BCUT2D eigenvalue weighted by Crippen LogP contribution is 2.34. The van der Waals surface area contributed by atoms with Gasteiger partial charge in [0.15, 0.2) is 11.6 Å². The Labute approximate surface area is 160 Å². The Morgan fingerprint density at radius 3 is 2.32 bits per heavy atom. The van der Waals surface area contributed by atoms with Crippen molar-refractivity contribution in [3.05, 3.63) is 34.7 Å². The van der Waals surface area contributed by atoms with Gasteiger partial charge in [0.1, 0.15) is 17.0 Å². The summed E-state index contributed by atoms with van der Waals surface area (Å²) in [6, 6.07) is 1.69. The van der Waals surface area contributed by atoms with E-state index in [9.17, 15) is 27.9 Å². The molecule has 1 aromatic rings. The first-order valence-corrected chi connectivity index (χ1v) is 8.73. The largest absolute Gasteiger partial charge is 0.506 e. The number of aromatic nitrogens is 1. The number of rotatable bonds is 6. The van der Waals surface area contributed by atoms with Crippen molar-refractivity contribution in [1.29, 1.82) is 0 Å². The van der Waals surface area contributed by atoms with E-state index in [2.05, 4.69) is 4.98 Å². The number of aliphatic hydroxyl groups excluding tert-OH is 1. The van der Waals surface area contributed by atoms with Gasteiger partial charge in [-0.25, -0.2) is 4.98 Å². The summed E-state index contributed by atoms with van der Waals surface area (Å²) in [4.78, 5) is 28.4. The number of carbonyl (C=O) groups is 2. The van der Waals surface area contributed by atoms with E-state index < -0.39 is 46.6 Å². The number of ether oxygens (including phenoxy) is 2. The first-order chi connectivity index (χ1) is 13.1. The molecule has 154 valence electrons. The molecule has 28 heavy (non-hydrogen) atoms.